The summed E-state index contributed by atoms with van der Waals surface area (Å²) >= 11 is 0. The number of carbonyl (C=O) groups is 1. The molecule has 1 heterocycles. The van der Waals surface area contributed by atoms with E-state index in [0.29, 0.717) is 31.9 Å². The molecule has 1 aliphatic rings. The number of carbonyl (C=O) groups excluding carboxylic acids is 1. The van der Waals surface area contributed by atoms with Crippen molar-refractivity contribution in [1.29, 1.82) is 0 Å². The van der Waals surface area contributed by atoms with Crippen LogP contribution in [0.25, 0.3) is 0 Å². The van der Waals surface area contributed by atoms with Gasteiger partial charge < -0.3 is 36.9 Å². The van der Waals surface area contributed by atoms with Gasteiger partial charge in [-0.05, 0) is 6.92 Å². The Bertz CT molecular complexity index is 301. The quantitative estimate of drug-likeness (QED) is 0.116. The van der Waals surface area contributed by atoms with Crippen molar-refractivity contribution in [3.05, 3.63) is 12.2 Å². The van der Waals surface area contributed by atoms with Crippen molar-refractivity contribution in [2.45, 2.75) is 13.0 Å². The predicted molar refractivity (Wildman–Crippen MR) is 92.2 cm³/mol. The van der Waals surface area contributed by atoms with E-state index in [2.05, 4.69) is 22.5 Å². The molecule has 1 atom stereocenters. The summed E-state index contributed by atoms with van der Waals surface area (Å²) in [6.45, 7) is 13.3. The van der Waals surface area contributed by atoms with Crippen molar-refractivity contribution in [2.75, 3.05) is 65.6 Å². The van der Waals surface area contributed by atoms with Gasteiger partial charge in [0.15, 0.2) is 0 Å². The fourth-order valence-electron chi connectivity index (χ4n) is 1.39. The molecule has 7 N–H and O–H groups in total. The number of hydrogen-bond acceptors (Lipinski definition) is 8. The summed E-state index contributed by atoms with van der Waals surface area (Å²) in [5, 5.41) is 9.71. The van der Waals surface area contributed by atoms with Gasteiger partial charge in [-0.25, -0.2) is 4.79 Å². The second-order valence-electron chi connectivity index (χ2n) is 5.16. The predicted octanol–water partition coefficient (Wildman–Crippen LogP) is -1.82. The second-order valence-corrected chi connectivity index (χ2v) is 5.16. The van der Waals surface area contributed by atoms with Gasteiger partial charge in [0.25, 0.3) is 0 Å². The SMILES string of the molecule is C=C(C)C(=O)OCC1CO1.NCCNCCNCCNCCN. The Morgan fingerprint density at radius 1 is 1.09 bits per heavy atom. The maximum Gasteiger partial charge on any atom is 0.333 e. The summed E-state index contributed by atoms with van der Waals surface area (Å²) in [5.41, 5.74) is 11.1. The Balaban J connectivity index is 0.000000433. The van der Waals surface area contributed by atoms with Crippen LogP contribution in [0.15, 0.2) is 12.2 Å². The van der Waals surface area contributed by atoms with E-state index >= 15 is 0 Å². The molecule has 136 valence electrons. The van der Waals surface area contributed by atoms with E-state index in [-0.39, 0.29) is 12.1 Å². The zero-order valence-corrected chi connectivity index (χ0v) is 14.2. The van der Waals surface area contributed by atoms with Gasteiger partial charge in [0.05, 0.1) is 6.61 Å². The van der Waals surface area contributed by atoms with Gasteiger partial charge in [-0.1, -0.05) is 6.58 Å². The Morgan fingerprint density at radius 2 is 1.52 bits per heavy atom. The molecule has 8 nitrogen and oxygen atoms in total. The zero-order chi connectivity index (χ0) is 17.3. The lowest BCUT2D eigenvalue weighted by atomic mass is 10.4. The van der Waals surface area contributed by atoms with Crippen LogP contribution >= 0.6 is 0 Å². The van der Waals surface area contributed by atoms with Crippen LogP contribution in [0.2, 0.25) is 0 Å². The molecule has 1 unspecified atom stereocenters. The maximum atomic E-state index is 10.7. The normalized spacial score (nSPS) is 15.5. The minimum absolute atomic E-state index is 0.142. The molecule has 1 aliphatic heterocycles. The second kappa shape index (κ2) is 15.9. The van der Waals surface area contributed by atoms with Crippen LogP contribution in [0.5, 0.6) is 0 Å². The fraction of sp³-hybridized carbons (Fsp3) is 0.800. The van der Waals surface area contributed by atoms with Crippen molar-refractivity contribution in [1.82, 2.24) is 16.0 Å². The van der Waals surface area contributed by atoms with Crippen LogP contribution in [0.4, 0.5) is 0 Å². The van der Waals surface area contributed by atoms with Crippen LogP contribution in [-0.2, 0) is 14.3 Å². The molecule has 0 amide bonds. The van der Waals surface area contributed by atoms with Gasteiger partial charge in [0.2, 0.25) is 0 Å². The van der Waals surface area contributed by atoms with Crippen LogP contribution in [0.3, 0.4) is 0 Å². The molecule has 0 radical (unpaired) electrons. The first-order chi connectivity index (χ1) is 11.1. The topological polar surface area (TPSA) is 127 Å². The highest BCUT2D eigenvalue weighted by atomic mass is 16.6. The smallest absolute Gasteiger partial charge is 0.333 e. The van der Waals surface area contributed by atoms with E-state index in [1.807, 2.05) is 0 Å². The molecule has 0 aromatic rings. The summed E-state index contributed by atoms with van der Waals surface area (Å²) in [6.07, 6.45) is 0.142. The summed E-state index contributed by atoms with van der Waals surface area (Å²) in [7, 11) is 0. The van der Waals surface area contributed by atoms with E-state index in [4.69, 9.17) is 20.9 Å². The number of nitrogens with two attached hydrogens (primary N) is 2. The Labute approximate surface area is 139 Å². The Morgan fingerprint density at radius 3 is 1.87 bits per heavy atom. The lowest BCUT2D eigenvalue weighted by molar-refractivity contribution is -0.139. The molecule has 1 fully saturated rings. The summed E-state index contributed by atoms with van der Waals surface area (Å²) < 4.78 is 9.60. The Kier molecular flexibility index (Phi) is 15.1. The monoisotopic (exact) mass is 331 g/mol. The first-order valence-corrected chi connectivity index (χ1v) is 8.08. The van der Waals surface area contributed by atoms with Gasteiger partial charge in [-0.15, -0.1) is 0 Å². The van der Waals surface area contributed by atoms with E-state index in [1.165, 1.54) is 0 Å². The van der Waals surface area contributed by atoms with Crippen molar-refractivity contribution >= 4 is 5.97 Å². The molecule has 0 aliphatic carbocycles. The van der Waals surface area contributed by atoms with Crippen LogP contribution in [0.1, 0.15) is 6.92 Å². The van der Waals surface area contributed by atoms with Gasteiger partial charge in [-0.2, -0.15) is 0 Å². The molecule has 0 aromatic carbocycles. The molecule has 23 heavy (non-hydrogen) atoms. The number of rotatable bonds is 13. The van der Waals surface area contributed by atoms with Crippen LogP contribution in [0, 0.1) is 0 Å². The summed E-state index contributed by atoms with van der Waals surface area (Å²) in [6, 6.07) is 0. The number of ether oxygens (including phenoxy) is 2. The van der Waals surface area contributed by atoms with Gasteiger partial charge in [0, 0.05) is 57.9 Å². The van der Waals surface area contributed by atoms with Crippen LogP contribution < -0.4 is 27.4 Å². The average Bonchev–Trinajstić information content (AvgIpc) is 3.36. The summed E-state index contributed by atoms with van der Waals surface area (Å²) in [5.74, 6) is -0.337. The van der Waals surface area contributed by atoms with E-state index < -0.39 is 0 Å². The number of nitrogens with one attached hydrogen (secondary N) is 3. The van der Waals surface area contributed by atoms with Crippen molar-refractivity contribution < 1.29 is 14.3 Å². The fourth-order valence-corrected chi connectivity index (χ4v) is 1.39. The van der Waals surface area contributed by atoms with E-state index in [0.717, 1.165) is 39.3 Å². The third kappa shape index (κ3) is 17.2. The molecule has 1 saturated heterocycles. The Hall–Kier alpha value is -1.03. The van der Waals surface area contributed by atoms with Gasteiger partial charge in [-0.3, -0.25) is 0 Å². The molecular weight excluding hydrogens is 298 g/mol. The minimum atomic E-state index is -0.337. The van der Waals surface area contributed by atoms with Gasteiger partial charge in [0.1, 0.15) is 12.7 Å². The van der Waals surface area contributed by atoms with E-state index in [1.54, 1.807) is 6.92 Å². The van der Waals surface area contributed by atoms with Crippen LogP contribution in [-0.4, -0.2) is 77.6 Å². The molecule has 0 saturated carbocycles. The molecule has 8 heteroatoms. The standard InChI is InChI=1S/C8H23N5.C7H10O3/c9-1-3-11-5-7-13-8-6-12-4-2-10;1-5(2)7(8)10-4-6-3-9-6/h11-13H,1-10H2;6H,1,3-4H2,2H3. The first-order valence-electron chi connectivity index (χ1n) is 8.08. The highest BCUT2D eigenvalue weighted by Gasteiger charge is 2.24. The third-order valence-corrected chi connectivity index (χ3v) is 2.75. The molecule has 0 spiro atoms. The molecule has 0 aromatic heterocycles. The molecule has 1 rings (SSSR count). The summed E-state index contributed by atoms with van der Waals surface area (Å²) in [4.78, 5) is 10.7. The van der Waals surface area contributed by atoms with Crippen molar-refractivity contribution in [3.63, 3.8) is 0 Å². The highest BCUT2D eigenvalue weighted by molar-refractivity contribution is 5.86. The lowest BCUT2D eigenvalue weighted by Gasteiger charge is -2.06. The first kappa shape index (κ1) is 22.0. The third-order valence-electron chi connectivity index (χ3n) is 2.75. The van der Waals surface area contributed by atoms with E-state index in [9.17, 15) is 4.79 Å². The minimum Gasteiger partial charge on any atom is -0.459 e. The molecular formula is C15H33N5O3. The van der Waals surface area contributed by atoms with Gasteiger partial charge >= 0.3 is 5.97 Å². The van der Waals surface area contributed by atoms with Crippen molar-refractivity contribution in [3.8, 4) is 0 Å². The van der Waals surface area contributed by atoms with Crippen molar-refractivity contribution in [2.24, 2.45) is 11.5 Å². The number of hydrogen-bond donors (Lipinski definition) is 5. The lowest BCUT2D eigenvalue weighted by Crippen LogP contribution is -2.35. The highest BCUT2D eigenvalue weighted by Crippen LogP contribution is 2.09. The largest absolute Gasteiger partial charge is 0.459 e. The number of esters is 1. The average molecular weight is 331 g/mol. The maximum absolute atomic E-state index is 10.7. The molecule has 0 bridgehead atoms. The number of epoxide rings is 1. The zero-order valence-electron chi connectivity index (χ0n) is 14.2.